The number of aromatic nitrogens is 1. The van der Waals surface area contributed by atoms with Crippen molar-refractivity contribution in [2.75, 3.05) is 18.4 Å². The van der Waals surface area contributed by atoms with Gasteiger partial charge in [0.25, 0.3) is 0 Å². The lowest BCUT2D eigenvalue weighted by Crippen LogP contribution is -2.43. The summed E-state index contributed by atoms with van der Waals surface area (Å²) in [5, 5.41) is 3.26. The number of benzene rings is 1. The van der Waals surface area contributed by atoms with E-state index in [0.29, 0.717) is 36.2 Å². The number of nitrogens with one attached hydrogen (secondary N) is 1. The highest BCUT2D eigenvalue weighted by molar-refractivity contribution is 9.10. The van der Waals surface area contributed by atoms with Gasteiger partial charge in [-0.1, -0.05) is 0 Å². The van der Waals surface area contributed by atoms with E-state index in [9.17, 15) is 18.0 Å². The number of amides is 1. The largest absolute Gasteiger partial charge is 0.423 e. The second kappa shape index (κ2) is 8.29. The minimum Gasteiger partial charge on any atom is -0.423 e. The number of nitrogens with zero attached hydrogens (tertiary/aromatic N) is 2. The zero-order valence-corrected chi connectivity index (χ0v) is 18.1. The van der Waals surface area contributed by atoms with Crippen LogP contribution >= 0.6 is 15.9 Å². The summed E-state index contributed by atoms with van der Waals surface area (Å²) in [5.41, 5.74) is -0.178. The van der Waals surface area contributed by atoms with Gasteiger partial charge < -0.3 is 9.73 Å². The van der Waals surface area contributed by atoms with Crippen LogP contribution in [0.5, 0.6) is 0 Å². The number of rotatable bonds is 4. The van der Waals surface area contributed by atoms with Gasteiger partial charge in [-0.05, 0) is 65.2 Å². The summed E-state index contributed by atoms with van der Waals surface area (Å²) in [6, 6.07) is 10.6. The molecule has 4 rings (SSSR count). The summed E-state index contributed by atoms with van der Waals surface area (Å²) in [6.07, 6.45) is 2.75. The molecule has 1 unspecified atom stereocenters. The fraction of sp³-hybridized carbons (Fsp3) is 0.250. The van der Waals surface area contributed by atoms with Gasteiger partial charge in [-0.2, -0.15) is 4.31 Å². The summed E-state index contributed by atoms with van der Waals surface area (Å²) >= 11 is 3.29. The number of fused-ring (bicyclic) bond motifs is 1. The molecule has 156 valence electrons. The van der Waals surface area contributed by atoms with Gasteiger partial charge in [-0.15, -0.1) is 0 Å². The SMILES string of the molecule is O=C(Nc1ccc(Br)cn1)C1CCCN(S(=O)(=O)c2ccc3oc(=O)ccc3c2)C1. The molecule has 1 N–H and O–H groups in total. The summed E-state index contributed by atoms with van der Waals surface area (Å²) in [6.45, 7) is 0.428. The molecule has 0 bridgehead atoms. The fourth-order valence-electron chi connectivity index (χ4n) is 3.41. The number of carbonyl (C=O) groups is 1. The van der Waals surface area contributed by atoms with Gasteiger partial charge in [0.15, 0.2) is 0 Å². The first-order valence-electron chi connectivity index (χ1n) is 9.29. The smallest absolute Gasteiger partial charge is 0.336 e. The Balaban J connectivity index is 1.53. The van der Waals surface area contributed by atoms with Crippen molar-refractivity contribution in [3.8, 4) is 0 Å². The fourth-order valence-corrected chi connectivity index (χ4v) is 5.21. The molecule has 1 aliphatic rings. The number of hydrogen-bond donors (Lipinski definition) is 1. The van der Waals surface area contributed by atoms with Crippen LogP contribution in [0.2, 0.25) is 0 Å². The van der Waals surface area contributed by atoms with Crippen molar-refractivity contribution in [2.24, 2.45) is 5.92 Å². The topological polar surface area (TPSA) is 110 Å². The van der Waals surface area contributed by atoms with E-state index in [4.69, 9.17) is 4.42 Å². The molecule has 0 radical (unpaired) electrons. The summed E-state index contributed by atoms with van der Waals surface area (Å²) in [7, 11) is -3.80. The molecule has 3 heterocycles. The Labute approximate surface area is 181 Å². The highest BCUT2D eigenvalue weighted by atomic mass is 79.9. The van der Waals surface area contributed by atoms with Crippen molar-refractivity contribution < 1.29 is 17.6 Å². The van der Waals surface area contributed by atoms with Crippen LogP contribution < -0.4 is 10.9 Å². The van der Waals surface area contributed by atoms with Crippen LogP contribution in [0.25, 0.3) is 11.0 Å². The summed E-state index contributed by atoms with van der Waals surface area (Å²) < 4.78 is 33.5. The van der Waals surface area contributed by atoms with E-state index < -0.39 is 21.6 Å². The average Bonchev–Trinajstić information content (AvgIpc) is 2.75. The highest BCUT2D eigenvalue weighted by Crippen LogP contribution is 2.26. The third kappa shape index (κ3) is 4.30. The zero-order valence-electron chi connectivity index (χ0n) is 15.7. The number of hydrogen-bond acceptors (Lipinski definition) is 6. The maximum atomic E-state index is 13.1. The van der Waals surface area contributed by atoms with Gasteiger partial charge in [0.1, 0.15) is 11.4 Å². The first-order chi connectivity index (χ1) is 14.3. The van der Waals surface area contributed by atoms with Crippen molar-refractivity contribution in [2.45, 2.75) is 17.7 Å². The second-order valence-corrected chi connectivity index (χ2v) is 9.86. The van der Waals surface area contributed by atoms with E-state index in [0.717, 1.165) is 4.47 Å². The van der Waals surface area contributed by atoms with Gasteiger partial charge in [0.2, 0.25) is 15.9 Å². The first-order valence-corrected chi connectivity index (χ1v) is 11.5. The Morgan fingerprint density at radius 3 is 2.80 bits per heavy atom. The molecule has 2 aromatic heterocycles. The van der Waals surface area contributed by atoms with Crippen molar-refractivity contribution >= 4 is 48.6 Å². The highest BCUT2D eigenvalue weighted by Gasteiger charge is 2.33. The quantitative estimate of drug-likeness (QED) is 0.561. The number of sulfonamides is 1. The third-order valence-electron chi connectivity index (χ3n) is 4.96. The molecule has 1 aromatic carbocycles. The normalized spacial score (nSPS) is 17.7. The average molecular weight is 492 g/mol. The lowest BCUT2D eigenvalue weighted by Gasteiger charge is -2.31. The molecular weight excluding hydrogens is 474 g/mol. The maximum absolute atomic E-state index is 13.1. The monoisotopic (exact) mass is 491 g/mol. The van der Waals surface area contributed by atoms with Crippen LogP contribution in [0, 0.1) is 5.92 Å². The van der Waals surface area contributed by atoms with Crippen molar-refractivity contribution in [3.63, 3.8) is 0 Å². The minimum atomic E-state index is -3.80. The zero-order chi connectivity index (χ0) is 21.3. The van der Waals surface area contributed by atoms with E-state index >= 15 is 0 Å². The van der Waals surface area contributed by atoms with E-state index in [1.807, 2.05) is 0 Å². The van der Waals surface area contributed by atoms with E-state index in [1.165, 1.54) is 34.6 Å². The molecule has 1 aliphatic heterocycles. The van der Waals surface area contributed by atoms with Gasteiger partial charge in [-0.3, -0.25) is 4.79 Å². The molecule has 10 heteroatoms. The summed E-state index contributed by atoms with van der Waals surface area (Å²) in [4.78, 5) is 28.2. The van der Waals surface area contributed by atoms with Crippen LogP contribution in [-0.2, 0) is 14.8 Å². The standard InChI is InChI=1S/C20H18BrN3O5S/c21-15-4-7-18(22-11-15)23-20(26)14-2-1-9-24(12-14)30(27,28)16-5-6-17-13(10-16)3-8-19(25)29-17/h3-8,10-11,14H,1-2,9,12H2,(H,22,23,26). The van der Waals surface area contributed by atoms with Crippen molar-refractivity contribution in [1.82, 2.24) is 9.29 Å². The molecule has 1 amide bonds. The predicted octanol–water partition coefficient (Wildman–Crippen LogP) is 2.99. The van der Waals surface area contributed by atoms with Crippen molar-refractivity contribution in [3.05, 3.63) is 63.6 Å². The minimum absolute atomic E-state index is 0.0899. The lowest BCUT2D eigenvalue weighted by molar-refractivity contribution is -0.120. The van der Waals surface area contributed by atoms with Gasteiger partial charge in [-0.25, -0.2) is 18.2 Å². The second-order valence-electron chi connectivity index (χ2n) is 7.01. The molecule has 0 aliphatic carbocycles. The van der Waals surface area contributed by atoms with E-state index in [2.05, 4.69) is 26.2 Å². The molecule has 1 fully saturated rings. The predicted molar refractivity (Wildman–Crippen MR) is 115 cm³/mol. The Hall–Kier alpha value is -2.56. The molecular formula is C20H18BrN3O5S. The Kier molecular flexibility index (Phi) is 5.72. The number of carbonyl (C=O) groups excluding carboxylic acids is 1. The number of piperidine rings is 1. The van der Waals surface area contributed by atoms with Gasteiger partial charge >= 0.3 is 5.63 Å². The molecule has 0 saturated carbocycles. The van der Waals surface area contributed by atoms with Crippen LogP contribution in [0.3, 0.4) is 0 Å². The van der Waals surface area contributed by atoms with Gasteiger partial charge in [0, 0.05) is 35.2 Å². The first kappa shape index (κ1) is 20.7. The molecule has 30 heavy (non-hydrogen) atoms. The van der Waals surface area contributed by atoms with E-state index in [-0.39, 0.29) is 17.3 Å². The number of pyridine rings is 1. The van der Waals surface area contributed by atoms with Crippen LogP contribution in [0.15, 0.2) is 67.2 Å². The molecule has 1 saturated heterocycles. The van der Waals surface area contributed by atoms with Gasteiger partial charge in [0.05, 0.1) is 10.8 Å². The van der Waals surface area contributed by atoms with Crippen LogP contribution in [0.4, 0.5) is 5.82 Å². The third-order valence-corrected chi connectivity index (χ3v) is 7.29. The number of halogens is 1. The maximum Gasteiger partial charge on any atom is 0.336 e. The number of anilines is 1. The Morgan fingerprint density at radius 2 is 2.03 bits per heavy atom. The Morgan fingerprint density at radius 1 is 1.20 bits per heavy atom. The lowest BCUT2D eigenvalue weighted by atomic mass is 9.99. The molecule has 8 nitrogen and oxygen atoms in total. The summed E-state index contributed by atoms with van der Waals surface area (Å²) in [5.74, 6) is -0.318. The molecule has 1 atom stereocenters. The van der Waals surface area contributed by atoms with Crippen molar-refractivity contribution in [1.29, 1.82) is 0 Å². The van der Waals surface area contributed by atoms with E-state index in [1.54, 1.807) is 18.3 Å². The van der Waals surface area contributed by atoms with Crippen LogP contribution in [0.1, 0.15) is 12.8 Å². The molecule has 3 aromatic rings. The Bertz CT molecular complexity index is 1260. The van der Waals surface area contributed by atoms with Crippen LogP contribution in [-0.4, -0.2) is 36.7 Å². The molecule has 0 spiro atoms.